The molecule has 4 aromatic rings. The van der Waals surface area contributed by atoms with Crippen molar-refractivity contribution >= 4 is 54.6 Å². The summed E-state index contributed by atoms with van der Waals surface area (Å²) in [4.78, 5) is 12.9. The van der Waals surface area contributed by atoms with Gasteiger partial charge in [0.1, 0.15) is 5.75 Å². The van der Waals surface area contributed by atoms with Gasteiger partial charge in [-0.25, -0.2) is 16.8 Å². The number of benzene rings is 4. The number of amides is 1. The van der Waals surface area contributed by atoms with Gasteiger partial charge in [0.15, 0.2) is 0 Å². The van der Waals surface area contributed by atoms with E-state index in [1.165, 1.54) is 61.7 Å². The lowest BCUT2D eigenvalue weighted by Crippen LogP contribution is -2.15. The highest BCUT2D eigenvalue weighted by Crippen LogP contribution is 2.29. The van der Waals surface area contributed by atoms with E-state index in [0.717, 1.165) is 11.1 Å². The van der Waals surface area contributed by atoms with E-state index in [-0.39, 0.29) is 26.1 Å². The van der Waals surface area contributed by atoms with Crippen molar-refractivity contribution in [3.05, 3.63) is 107 Å². The van der Waals surface area contributed by atoms with Crippen LogP contribution in [0.15, 0.2) is 94.7 Å². The third-order valence-corrected chi connectivity index (χ3v) is 8.91. The Kier molecular flexibility index (Phi) is 8.38. The minimum absolute atomic E-state index is 0.0164. The van der Waals surface area contributed by atoms with E-state index in [4.69, 9.17) is 16.3 Å². The van der Waals surface area contributed by atoms with Gasteiger partial charge in [0.2, 0.25) is 0 Å². The highest BCUT2D eigenvalue weighted by Gasteiger charge is 2.19. The molecule has 0 saturated carbocycles. The van der Waals surface area contributed by atoms with E-state index in [1.54, 1.807) is 30.3 Å². The number of ether oxygens (including phenoxy) is 1. The van der Waals surface area contributed by atoms with Gasteiger partial charge in [-0.1, -0.05) is 35.4 Å². The number of nitrogens with one attached hydrogen (secondary N) is 3. The molecule has 0 radical (unpaired) electrons. The van der Waals surface area contributed by atoms with E-state index in [1.807, 2.05) is 13.8 Å². The predicted octanol–water partition coefficient (Wildman–Crippen LogP) is 5.82. The summed E-state index contributed by atoms with van der Waals surface area (Å²) in [6, 6.07) is 21.2. The van der Waals surface area contributed by atoms with Gasteiger partial charge in [-0.3, -0.25) is 14.2 Å². The number of rotatable bonds is 9. The van der Waals surface area contributed by atoms with Crippen molar-refractivity contribution in [2.75, 3.05) is 21.9 Å². The fourth-order valence-corrected chi connectivity index (χ4v) is 6.09. The van der Waals surface area contributed by atoms with E-state index in [2.05, 4.69) is 14.8 Å². The van der Waals surface area contributed by atoms with Crippen molar-refractivity contribution in [2.45, 2.75) is 23.6 Å². The zero-order valence-electron chi connectivity index (χ0n) is 21.7. The van der Waals surface area contributed by atoms with Crippen LogP contribution < -0.4 is 19.5 Å². The van der Waals surface area contributed by atoms with Crippen LogP contribution in [0.5, 0.6) is 5.75 Å². The molecule has 0 aromatic heterocycles. The number of methoxy groups -OCH3 is 1. The van der Waals surface area contributed by atoms with Gasteiger partial charge >= 0.3 is 0 Å². The number of aryl methyl sites for hydroxylation is 2. The normalized spacial score (nSPS) is 11.5. The molecule has 0 aliphatic heterocycles. The molecule has 0 bridgehead atoms. The molecule has 40 heavy (non-hydrogen) atoms. The maximum Gasteiger partial charge on any atom is 0.262 e. The first kappa shape index (κ1) is 28.9. The van der Waals surface area contributed by atoms with Crippen LogP contribution in [-0.4, -0.2) is 29.9 Å². The Balaban J connectivity index is 1.45. The molecule has 3 N–H and O–H groups in total. The van der Waals surface area contributed by atoms with Crippen molar-refractivity contribution in [2.24, 2.45) is 0 Å². The van der Waals surface area contributed by atoms with Crippen molar-refractivity contribution in [1.29, 1.82) is 0 Å². The fraction of sp³-hybridized carbons (Fsp3) is 0.107. The van der Waals surface area contributed by atoms with E-state index in [9.17, 15) is 21.6 Å². The van der Waals surface area contributed by atoms with Gasteiger partial charge in [0.05, 0.1) is 38.9 Å². The summed E-state index contributed by atoms with van der Waals surface area (Å²) in [5, 5.41) is 2.68. The number of carbonyl (C=O) groups is 1. The second-order valence-corrected chi connectivity index (χ2v) is 12.7. The zero-order chi connectivity index (χ0) is 29.1. The first-order valence-corrected chi connectivity index (χ1v) is 15.2. The molecule has 0 aliphatic rings. The molecular weight excluding hydrogens is 574 g/mol. The Morgan fingerprint density at radius 3 is 1.85 bits per heavy atom. The number of carbonyl (C=O) groups excluding carboxylic acids is 1. The fourth-order valence-electron chi connectivity index (χ4n) is 3.72. The third kappa shape index (κ3) is 6.74. The van der Waals surface area contributed by atoms with Crippen molar-refractivity contribution in [1.82, 2.24) is 0 Å². The maximum absolute atomic E-state index is 12.9. The standard InChI is InChI=1S/C28H26ClN3O6S2/c1-18-4-10-22(11-5-18)39(34,35)31-21-9-14-24(25(29)17-21)28(33)30-20-7-12-23(13-8-20)40(36,37)32-26-16-19(2)6-15-27(26)38-3/h4-17,31-32H,1-3H3,(H,30,33). The lowest BCUT2D eigenvalue weighted by molar-refractivity contribution is 0.102. The molecule has 0 aliphatic carbocycles. The second kappa shape index (κ2) is 11.6. The molecular formula is C28H26ClN3O6S2. The lowest BCUT2D eigenvalue weighted by Gasteiger charge is -2.13. The molecule has 12 heteroatoms. The highest BCUT2D eigenvalue weighted by atomic mass is 35.5. The molecule has 9 nitrogen and oxygen atoms in total. The van der Waals surface area contributed by atoms with Crippen LogP contribution >= 0.6 is 11.6 Å². The summed E-state index contributed by atoms with van der Waals surface area (Å²) in [6.07, 6.45) is 0. The molecule has 0 heterocycles. The summed E-state index contributed by atoms with van der Waals surface area (Å²) in [7, 11) is -6.32. The molecule has 4 aromatic carbocycles. The maximum atomic E-state index is 12.9. The molecule has 1 amide bonds. The summed E-state index contributed by atoms with van der Waals surface area (Å²) in [6.45, 7) is 3.68. The van der Waals surface area contributed by atoms with Crippen LogP contribution in [0.3, 0.4) is 0 Å². The lowest BCUT2D eigenvalue weighted by atomic mass is 10.2. The quantitative estimate of drug-likeness (QED) is 0.222. The van der Waals surface area contributed by atoms with Crippen LogP contribution in [-0.2, 0) is 20.0 Å². The molecule has 208 valence electrons. The van der Waals surface area contributed by atoms with Crippen LogP contribution in [0.4, 0.5) is 17.1 Å². The van der Waals surface area contributed by atoms with Gasteiger partial charge in [0.25, 0.3) is 26.0 Å². The monoisotopic (exact) mass is 599 g/mol. The topological polar surface area (TPSA) is 131 Å². The van der Waals surface area contributed by atoms with Crippen LogP contribution in [0.2, 0.25) is 5.02 Å². The average molecular weight is 600 g/mol. The Bertz CT molecular complexity index is 1770. The number of halogens is 1. The van der Waals surface area contributed by atoms with Gasteiger partial charge < -0.3 is 10.1 Å². The molecule has 0 spiro atoms. The first-order chi connectivity index (χ1) is 18.9. The average Bonchev–Trinajstić information content (AvgIpc) is 2.89. The number of hydrogen-bond donors (Lipinski definition) is 3. The SMILES string of the molecule is COc1ccc(C)cc1NS(=O)(=O)c1ccc(NC(=O)c2ccc(NS(=O)(=O)c3ccc(C)cc3)cc2Cl)cc1. The smallest absolute Gasteiger partial charge is 0.262 e. The summed E-state index contributed by atoms with van der Waals surface area (Å²) < 4.78 is 61.3. The molecule has 0 unspecified atom stereocenters. The van der Waals surface area contributed by atoms with Gasteiger partial charge in [-0.2, -0.15) is 0 Å². The van der Waals surface area contributed by atoms with E-state index < -0.39 is 26.0 Å². The molecule has 4 rings (SSSR count). The molecule has 0 atom stereocenters. The Labute approximate surface area is 238 Å². The number of sulfonamides is 2. The van der Waals surface area contributed by atoms with E-state index >= 15 is 0 Å². The minimum Gasteiger partial charge on any atom is -0.495 e. The van der Waals surface area contributed by atoms with Crippen LogP contribution in [0, 0.1) is 13.8 Å². The van der Waals surface area contributed by atoms with Crippen LogP contribution in [0.25, 0.3) is 0 Å². The third-order valence-electron chi connectivity index (χ3n) is 5.82. The van der Waals surface area contributed by atoms with E-state index in [0.29, 0.717) is 17.1 Å². The number of anilines is 3. The largest absolute Gasteiger partial charge is 0.495 e. The Hall–Kier alpha value is -4.06. The Morgan fingerprint density at radius 1 is 0.700 bits per heavy atom. The first-order valence-electron chi connectivity index (χ1n) is 11.9. The van der Waals surface area contributed by atoms with Crippen molar-refractivity contribution in [3.63, 3.8) is 0 Å². The molecule has 0 saturated heterocycles. The number of hydrogen-bond acceptors (Lipinski definition) is 6. The van der Waals surface area contributed by atoms with Crippen molar-refractivity contribution < 1.29 is 26.4 Å². The molecule has 0 fully saturated rings. The summed E-state index contributed by atoms with van der Waals surface area (Å²) in [5.41, 5.74) is 2.70. The Morgan fingerprint density at radius 2 is 1.25 bits per heavy atom. The minimum atomic E-state index is -3.93. The van der Waals surface area contributed by atoms with Crippen LogP contribution in [0.1, 0.15) is 21.5 Å². The van der Waals surface area contributed by atoms with Crippen molar-refractivity contribution in [3.8, 4) is 5.75 Å². The predicted molar refractivity (Wildman–Crippen MR) is 156 cm³/mol. The van der Waals surface area contributed by atoms with Gasteiger partial charge in [-0.05, 0) is 86.1 Å². The zero-order valence-corrected chi connectivity index (χ0v) is 24.1. The summed E-state index contributed by atoms with van der Waals surface area (Å²) >= 11 is 6.29. The highest BCUT2D eigenvalue weighted by molar-refractivity contribution is 7.93. The second-order valence-electron chi connectivity index (χ2n) is 8.90. The summed E-state index contributed by atoms with van der Waals surface area (Å²) in [5.74, 6) is -0.180. The van der Waals surface area contributed by atoms with Gasteiger partial charge in [-0.15, -0.1) is 0 Å². The van der Waals surface area contributed by atoms with Gasteiger partial charge in [0, 0.05) is 5.69 Å².